The van der Waals surface area contributed by atoms with E-state index in [-0.39, 0.29) is 12.1 Å². The van der Waals surface area contributed by atoms with Crippen LogP contribution in [0.1, 0.15) is 23.2 Å². The van der Waals surface area contributed by atoms with Crippen molar-refractivity contribution in [3.63, 3.8) is 0 Å². The summed E-state index contributed by atoms with van der Waals surface area (Å²) in [5, 5.41) is 23.5. The number of hydrogen-bond donors (Lipinski definition) is 3. The van der Waals surface area contributed by atoms with Crippen molar-refractivity contribution in [1.29, 1.82) is 0 Å². The van der Waals surface area contributed by atoms with Crippen LogP contribution in [-0.4, -0.2) is 28.3 Å². The molecule has 0 atom stereocenters. The van der Waals surface area contributed by atoms with Crippen molar-refractivity contribution in [3.05, 3.63) is 42.0 Å². The molecule has 19 heavy (non-hydrogen) atoms. The van der Waals surface area contributed by atoms with Crippen molar-refractivity contribution >= 4 is 22.4 Å². The molecular formula is C15H15NO3. The van der Waals surface area contributed by atoms with Gasteiger partial charge in [-0.15, -0.1) is 0 Å². The smallest absolute Gasteiger partial charge is 0.336 e. The Bertz CT molecular complexity index is 632. The van der Waals surface area contributed by atoms with Gasteiger partial charge in [-0.3, -0.25) is 0 Å². The van der Waals surface area contributed by atoms with Crippen LogP contribution < -0.4 is 5.32 Å². The molecule has 0 aromatic heterocycles. The minimum Gasteiger partial charge on any atom is -0.478 e. The van der Waals surface area contributed by atoms with Crippen molar-refractivity contribution in [2.75, 3.05) is 5.32 Å². The Morgan fingerprint density at radius 2 is 1.79 bits per heavy atom. The van der Waals surface area contributed by atoms with E-state index in [2.05, 4.69) is 5.32 Å². The molecule has 0 aliphatic heterocycles. The predicted molar refractivity (Wildman–Crippen MR) is 73.6 cm³/mol. The molecule has 0 saturated heterocycles. The first kappa shape index (κ1) is 12.0. The molecule has 1 saturated carbocycles. The third-order valence-corrected chi connectivity index (χ3v) is 3.63. The van der Waals surface area contributed by atoms with Crippen LogP contribution in [0.3, 0.4) is 0 Å². The lowest BCUT2D eigenvalue weighted by atomic mass is 9.89. The van der Waals surface area contributed by atoms with E-state index >= 15 is 0 Å². The number of aliphatic hydroxyl groups excluding tert-OH is 1. The number of benzene rings is 2. The van der Waals surface area contributed by atoms with Crippen LogP contribution >= 0.6 is 0 Å². The lowest BCUT2D eigenvalue weighted by molar-refractivity contribution is 0.0699. The van der Waals surface area contributed by atoms with Crippen LogP contribution in [0.25, 0.3) is 10.8 Å². The Kier molecular flexibility index (Phi) is 2.87. The Balaban J connectivity index is 2.01. The van der Waals surface area contributed by atoms with Gasteiger partial charge in [-0.05, 0) is 30.4 Å². The van der Waals surface area contributed by atoms with Gasteiger partial charge >= 0.3 is 5.97 Å². The topological polar surface area (TPSA) is 69.6 Å². The van der Waals surface area contributed by atoms with Gasteiger partial charge in [0.1, 0.15) is 0 Å². The maximum absolute atomic E-state index is 11.2. The Hall–Kier alpha value is -2.07. The van der Waals surface area contributed by atoms with E-state index in [4.69, 9.17) is 0 Å². The first-order valence-corrected chi connectivity index (χ1v) is 6.35. The summed E-state index contributed by atoms with van der Waals surface area (Å²) in [6, 6.07) is 11.2. The monoisotopic (exact) mass is 257 g/mol. The molecule has 2 aromatic carbocycles. The number of carboxylic acids is 1. The maximum Gasteiger partial charge on any atom is 0.336 e. The van der Waals surface area contributed by atoms with E-state index in [1.807, 2.05) is 24.3 Å². The lowest BCUT2D eigenvalue weighted by Crippen LogP contribution is -2.38. The molecule has 0 unspecified atom stereocenters. The van der Waals surface area contributed by atoms with Crippen molar-refractivity contribution in [2.24, 2.45) is 0 Å². The summed E-state index contributed by atoms with van der Waals surface area (Å²) in [6.07, 6.45) is 1.28. The minimum atomic E-state index is -0.915. The highest BCUT2D eigenvalue weighted by Gasteiger charge is 2.27. The van der Waals surface area contributed by atoms with Crippen molar-refractivity contribution in [2.45, 2.75) is 25.0 Å². The molecule has 0 heterocycles. The summed E-state index contributed by atoms with van der Waals surface area (Å²) in [5.74, 6) is -0.915. The molecule has 0 bridgehead atoms. The number of carboxylic acid groups (broad SMARTS) is 1. The molecule has 0 spiro atoms. The van der Waals surface area contributed by atoms with E-state index in [1.54, 1.807) is 12.1 Å². The van der Waals surface area contributed by atoms with Gasteiger partial charge in [0.05, 0.1) is 11.7 Å². The molecule has 4 heteroatoms. The van der Waals surface area contributed by atoms with E-state index in [0.29, 0.717) is 5.56 Å². The van der Waals surface area contributed by atoms with Gasteiger partial charge in [0.2, 0.25) is 0 Å². The summed E-state index contributed by atoms with van der Waals surface area (Å²) >= 11 is 0. The maximum atomic E-state index is 11.2. The number of rotatable bonds is 3. The van der Waals surface area contributed by atoms with Crippen LogP contribution in [0, 0.1) is 0 Å². The van der Waals surface area contributed by atoms with Gasteiger partial charge in [0.15, 0.2) is 0 Å². The standard InChI is InChI=1S/C15H15NO3/c17-10-7-9(8-10)16-14-6-5-13(15(18)19)11-3-1-2-4-12(11)14/h1-6,9-10,16-17H,7-8H2,(H,18,19). The fourth-order valence-corrected chi connectivity index (χ4v) is 2.54. The van der Waals surface area contributed by atoms with Crippen LogP contribution in [0.5, 0.6) is 0 Å². The van der Waals surface area contributed by atoms with E-state index in [1.165, 1.54) is 0 Å². The number of anilines is 1. The SMILES string of the molecule is O=C(O)c1ccc(NC2CC(O)C2)c2ccccc12. The lowest BCUT2D eigenvalue weighted by Gasteiger charge is -2.33. The third-order valence-electron chi connectivity index (χ3n) is 3.63. The molecular weight excluding hydrogens is 242 g/mol. The molecule has 2 aromatic rings. The highest BCUT2D eigenvalue weighted by Crippen LogP contribution is 2.30. The highest BCUT2D eigenvalue weighted by molar-refractivity contribution is 6.07. The fraction of sp³-hybridized carbons (Fsp3) is 0.267. The number of carbonyl (C=O) groups is 1. The number of aliphatic hydroxyl groups is 1. The number of nitrogens with one attached hydrogen (secondary N) is 1. The molecule has 3 N–H and O–H groups in total. The Morgan fingerprint density at radius 3 is 2.42 bits per heavy atom. The summed E-state index contributed by atoms with van der Waals surface area (Å²) in [6.45, 7) is 0. The fourth-order valence-electron chi connectivity index (χ4n) is 2.54. The van der Waals surface area contributed by atoms with Gasteiger partial charge in [-0.1, -0.05) is 24.3 Å². The van der Waals surface area contributed by atoms with E-state index < -0.39 is 5.97 Å². The largest absolute Gasteiger partial charge is 0.478 e. The summed E-state index contributed by atoms with van der Waals surface area (Å²) in [5.41, 5.74) is 1.24. The molecule has 1 fully saturated rings. The van der Waals surface area contributed by atoms with Crippen LogP contribution in [0.15, 0.2) is 36.4 Å². The number of fused-ring (bicyclic) bond motifs is 1. The minimum absolute atomic E-state index is 0.206. The Labute approximate surface area is 110 Å². The summed E-state index contributed by atoms with van der Waals surface area (Å²) < 4.78 is 0. The average Bonchev–Trinajstić information content (AvgIpc) is 2.36. The van der Waals surface area contributed by atoms with Crippen molar-refractivity contribution in [1.82, 2.24) is 0 Å². The van der Waals surface area contributed by atoms with Gasteiger partial charge < -0.3 is 15.5 Å². The Morgan fingerprint density at radius 1 is 1.11 bits per heavy atom. The second-order valence-electron chi connectivity index (χ2n) is 4.98. The van der Waals surface area contributed by atoms with Crippen LogP contribution in [-0.2, 0) is 0 Å². The zero-order chi connectivity index (χ0) is 13.4. The summed E-state index contributed by atoms with van der Waals surface area (Å²) in [7, 11) is 0. The molecule has 1 aliphatic rings. The molecule has 98 valence electrons. The third kappa shape index (κ3) is 2.15. The first-order valence-electron chi connectivity index (χ1n) is 6.35. The van der Waals surface area contributed by atoms with Crippen LogP contribution in [0.4, 0.5) is 5.69 Å². The quantitative estimate of drug-likeness (QED) is 0.790. The predicted octanol–water partition coefficient (Wildman–Crippen LogP) is 2.47. The zero-order valence-electron chi connectivity index (χ0n) is 10.3. The van der Waals surface area contributed by atoms with Gasteiger partial charge in [-0.2, -0.15) is 0 Å². The van der Waals surface area contributed by atoms with Gasteiger partial charge in [0, 0.05) is 17.1 Å². The zero-order valence-corrected chi connectivity index (χ0v) is 10.3. The van der Waals surface area contributed by atoms with E-state index in [0.717, 1.165) is 29.3 Å². The van der Waals surface area contributed by atoms with Crippen molar-refractivity contribution in [3.8, 4) is 0 Å². The van der Waals surface area contributed by atoms with Gasteiger partial charge in [-0.25, -0.2) is 4.79 Å². The van der Waals surface area contributed by atoms with Crippen molar-refractivity contribution < 1.29 is 15.0 Å². The number of hydrogen-bond acceptors (Lipinski definition) is 3. The average molecular weight is 257 g/mol. The molecule has 0 radical (unpaired) electrons. The second kappa shape index (κ2) is 4.55. The normalized spacial score (nSPS) is 21.9. The molecule has 0 amide bonds. The number of aromatic carboxylic acids is 1. The highest BCUT2D eigenvalue weighted by atomic mass is 16.4. The first-order chi connectivity index (χ1) is 9.15. The molecule has 1 aliphatic carbocycles. The summed E-state index contributed by atoms with van der Waals surface area (Å²) in [4.78, 5) is 11.2. The van der Waals surface area contributed by atoms with E-state index in [9.17, 15) is 15.0 Å². The molecule has 4 nitrogen and oxygen atoms in total. The van der Waals surface area contributed by atoms with Crippen LogP contribution in [0.2, 0.25) is 0 Å². The molecule has 3 rings (SSSR count). The second-order valence-corrected chi connectivity index (χ2v) is 4.98. The van der Waals surface area contributed by atoms with Gasteiger partial charge in [0.25, 0.3) is 0 Å².